The van der Waals surface area contributed by atoms with Gasteiger partial charge in [-0.25, -0.2) is 14.4 Å². The van der Waals surface area contributed by atoms with Crippen LogP contribution in [0.2, 0.25) is 0 Å². The molecule has 0 saturated carbocycles. The summed E-state index contributed by atoms with van der Waals surface area (Å²) in [6.45, 7) is 6.75. The van der Waals surface area contributed by atoms with E-state index in [1.54, 1.807) is 30.8 Å². The minimum absolute atomic E-state index is 0.217. The molecule has 29 heavy (non-hydrogen) atoms. The van der Waals surface area contributed by atoms with E-state index < -0.39 is 0 Å². The minimum Gasteiger partial charge on any atom is -0.463 e. The van der Waals surface area contributed by atoms with Crippen LogP contribution in [0.15, 0.2) is 54.7 Å². The van der Waals surface area contributed by atoms with Crippen molar-refractivity contribution in [3.63, 3.8) is 0 Å². The van der Waals surface area contributed by atoms with Gasteiger partial charge in [0.05, 0.1) is 0 Å². The van der Waals surface area contributed by atoms with Crippen LogP contribution in [0.1, 0.15) is 37.6 Å². The first-order valence-electron chi connectivity index (χ1n) is 10.2. The number of nitrogens with zero attached hydrogens (tertiary/aromatic N) is 4. The zero-order valence-corrected chi connectivity index (χ0v) is 16.9. The third-order valence-corrected chi connectivity index (χ3v) is 5.54. The number of fused-ring (bicyclic) bond motifs is 1. The Morgan fingerprint density at radius 2 is 1.97 bits per heavy atom. The Labute approximate surface area is 171 Å². The maximum absolute atomic E-state index is 13.6. The van der Waals surface area contributed by atoms with E-state index in [2.05, 4.69) is 25.8 Å². The third kappa shape index (κ3) is 5.01. The summed E-state index contributed by atoms with van der Waals surface area (Å²) in [5.41, 5.74) is 3.23. The Bertz CT molecular complexity index is 897. The van der Waals surface area contributed by atoms with Crippen LogP contribution in [0, 0.1) is 5.82 Å². The molecule has 1 aromatic heterocycles. The normalized spacial score (nSPS) is 17.1. The summed E-state index contributed by atoms with van der Waals surface area (Å²) in [4.78, 5) is 13.4. The van der Waals surface area contributed by atoms with E-state index in [-0.39, 0.29) is 5.82 Å². The average molecular weight is 394 g/mol. The van der Waals surface area contributed by atoms with E-state index in [9.17, 15) is 4.39 Å². The Hall–Kier alpha value is -2.73. The van der Waals surface area contributed by atoms with Gasteiger partial charge in [-0.1, -0.05) is 6.08 Å². The second-order valence-corrected chi connectivity index (χ2v) is 7.61. The van der Waals surface area contributed by atoms with Gasteiger partial charge in [0.25, 0.3) is 0 Å². The predicted molar refractivity (Wildman–Crippen MR) is 111 cm³/mol. The van der Waals surface area contributed by atoms with Crippen molar-refractivity contribution in [1.29, 1.82) is 0 Å². The molecular weight excluding hydrogens is 367 g/mol. The molecule has 0 bridgehead atoms. The van der Waals surface area contributed by atoms with Crippen LogP contribution in [-0.4, -0.2) is 45.9 Å². The van der Waals surface area contributed by atoms with Crippen LogP contribution in [0.4, 0.5) is 4.39 Å². The molecule has 0 spiro atoms. The van der Waals surface area contributed by atoms with Crippen LogP contribution < -0.4 is 4.74 Å². The number of hydrogen-bond donors (Lipinski definition) is 0. The molecule has 0 aliphatic carbocycles. The molecular formula is C23H27FN4O. The van der Waals surface area contributed by atoms with Crippen molar-refractivity contribution in [3.05, 3.63) is 71.9 Å². The number of allylic oxidation sites excluding steroid dienone is 1. The van der Waals surface area contributed by atoms with Gasteiger partial charge < -0.3 is 9.64 Å². The summed E-state index contributed by atoms with van der Waals surface area (Å²) in [7, 11) is 0. The molecule has 6 heteroatoms. The minimum atomic E-state index is -0.217. The first kappa shape index (κ1) is 19.6. The molecule has 0 saturated heterocycles. The van der Waals surface area contributed by atoms with E-state index >= 15 is 0 Å². The molecule has 1 aromatic carbocycles. The number of rotatable bonds is 6. The highest BCUT2D eigenvalue weighted by Crippen LogP contribution is 2.27. The highest BCUT2D eigenvalue weighted by molar-refractivity contribution is 5.60. The summed E-state index contributed by atoms with van der Waals surface area (Å²) in [6, 6.07) is 6.57. The van der Waals surface area contributed by atoms with Gasteiger partial charge >= 0.3 is 0 Å². The Morgan fingerprint density at radius 3 is 2.76 bits per heavy atom. The zero-order valence-electron chi connectivity index (χ0n) is 16.9. The molecule has 0 unspecified atom stereocenters. The van der Waals surface area contributed by atoms with E-state index in [0.29, 0.717) is 6.54 Å². The first-order valence-corrected chi connectivity index (χ1v) is 10.2. The number of ether oxygens (including phenoxy) is 1. The van der Waals surface area contributed by atoms with Gasteiger partial charge in [-0.3, -0.25) is 4.90 Å². The van der Waals surface area contributed by atoms with Crippen molar-refractivity contribution in [3.8, 4) is 5.75 Å². The zero-order chi connectivity index (χ0) is 20.1. The first-order chi connectivity index (χ1) is 14.2. The SMILES string of the molecule is CC1=COc2ccc(F)cc2CN1CCCCN1CC=C(c2ncccn2)CC1. The Morgan fingerprint density at radius 1 is 1.14 bits per heavy atom. The van der Waals surface area contributed by atoms with Gasteiger partial charge in [0.1, 0.15) is 17.8 Å². The molecule has 2 aromatic rings. The maximum Gasteiger partial charge on any atom is 0.154 e. The van der Waals surface area contributed by atoms with Gasteiger partial charge in [0.2, 0.25) is 0 Å². The number of hydrogen-bond acceptors (Lipinski definition) is 5. The molecule has 0 amide bonds. The van der Waals surface area contributed by atoms with Crippen LogP contribution in [0.5, 0.6) is 5.75 Å². The highest BCUT2D eigenvalue weighted by Gasteiger charge is 2.17. The fourth-order valence-electron chi connectivity index (χ4n) is 3.82. The van der Waals surface area contributed by atoms with Gasteiger partial charge in [-0.05, 0) is 62.6 Å². The monoisotopic (exact) mass is 394 g/mol. The fourth-order valence-corrected chi connectivity index (χ4v) is 3.82. The van der Waals surface area contributed by atoms with Crippen molar-refractivity contribution in [1.82, 2.24) is 19.8 Å². The molecule has 4 rings (SSSR count). The van der Waals surface area contributed by atoms with Crippen molar-refractivity contribution < 1.29 is 9.13 Å². The quantitative estimate of drug-likeness (QED) is 0.686. The van der Waals surface area contributed by atoms with Crippen LogP contribution >= 0.6 is 0 Å². The predicted octanol–water partition coefficient (Wildman–Crippen LogP) is 4.24. The lowest BCUT2D eigenvalue weighted by molar-refractivity contribution is 0.276. The lowest BCUT2D eigenvalue weighted by Crippen LogP contribution is -2.30. The van der Waals surface area contributed by atoms with Gasteiger partial charge in [0.15, 0.2) is 5.82 Å². The largest absolute Gasteiger partial charge is 0.463 e. The van der Waals surface area contributed by atoms with E-state index in [4.69, 9.17) is 4.74 Å². The summed E-state index contributed by atoms with van der Waals surface area (Å²) >= 11 is 0. The number of halogens is 1. The van der Waals surface area contributed by atoms with Gasteiger partial charge in [-0.2, -0.15) is 0 Å². The van der Waals surface area contributed by atoms with Crippen molar-refractivity contribution in [2.75, 3.05) is 26.2 Å². The van der Waals surface area contributed by atoms with Gasteiger partial charge in [-0.15, -0.1) is 0 Å². The lowest BCUT2D eigenvalue weighted by atomic mass is 10.1. The Kier molecular flexibility index (Phi) is 6.20. The van der Waals surface area contributed by atoms with Crippen LogP contribution in [0.3, 0.4) is 0 Å². The molecule has 0 N–H and O–H groups in total. The van der Waals surface area contributed by atoms with E-state index in [1.807, 2.05) is 13.0 Å². The number of aromatic nitrogens is 2. The maximum atomic E-state index is 13.6. The molecule has 0 fully saturated rings. The third-order valence-electron chi connectivity index (χ3n) is 5.54. The Balaban J connectivity index is 1.24. The average Bonchev–Trinajstić information content (AvgIpc) is 2.91. The number of benzene rings is 1. The molecule has 152 valence electrons. The molecule has 5 nitrogen and oxygen atoms in total. The smallest absolute Gasteiger partial charge is 0.154 e. The topological polar surface area (TPSA) is 41.5 Å². The molecule has 0 radical (unpaired) electrons. The second-order valence-electron chi connectivity index (χ2n) is 7.61. The molecule has 0 atom stereocenters. The van der Waals surface area contributed by atoms with Crippen LogP contribution in [-0.2, 0) is 6.54 Å². The van der Waals surface area contributed by atoms with E-state index in [1.165, 1.54) is 11.6 Å². The van der Waals surface area contributed by atoms with E-state index in [0.717, 1.165) is 68.3 Å². The van der Waals surface area contributed by atoms with Crippen LogP contribution in [0.25, 0.3) is 5.57 Å². The van der Waals surface area contributed by atoms with Crippen molar-refractivity contribution in [2.24, 2.45) is 0 Å². The van der Waals surface area contributed by atoms with Crippen molar-refractivity contribution >= 4 is 5.57 Å². The summed E-state index contributed by atoms with van der Waals surface area (Å²) < 4.78 is 19.3. The second kappa shape index (κ2) is 9.18. The molecule has 2 aliphatic rings. The summed E-state index contributed by atoms with van der Waals surface area (Å²) in [5.74, 6) is 1.38. The summed E-state index contributed by atoms with van der Waals surface area (Å²) in [6.07, 6.45) is 10.8. The fraction of sp³-hybridized carbons (Fsp3) is 0.391. The molecule has 3 heterocycles. The number of unbranched alkanes of at least 4 members (excludes halogenated alkanes) is 1. The standard InChI is InChI=1S/C23H27FN4O/c1-18-17-29-22-6-5-21(24)15-20(22)16-28(18)12-3-2-11-27-13-7-19(8-14-27)23-25-9-4-10-26-23/h4-7,9-10,15,17H,2-3,8,11-14,16H2,1H3. The highest BCUT2D eigenvalue weighted by atomic mass is 19.1. The summed E-state index contributed by atoms with van der Waals surface area (Å²) in [5, 5.41) is 0. The van der Waals surface area contributed by atoms with Gasteiger partial charge in [0, 0.05) is 49.8 Å². The lowest BCUT2D eigenvalue weighted by Gasteiger charge is -2.27. The molecule has 2 aliphatic heterocycles. The van der Waals surface area contributed by atoms with Crippen molar-refractivity contribution in [2.45, 2.75) is 32.7 Å².